The van der Waals surface area contributed by atoms with E-state index in [-0.39, 0.29) is 5.54 Å². The molecule has 0 amide bonds. The number of nitrogens with two attached hydrogens (primary N) is 1. The monoisotopic (exact) mass is 230 g/mol. The summed E-state index contributed by atoms with van der Waals surface area (Å²) in [5.74, 6) is 0.724. The highest BCUT2D eigenvalue weighted by atomic mass is 16.4. The van der Waals surface area contributed by atoms with Gasteiger partial charge >= 0.3 is 0 Å². The van der Waals surface area contributed by atoms with Crippen LogP contribution in [0.3, 0.4) is 0 Å². The van der Waals surface area contributed by atoms with Crippen LogP contribution >= 0.6 is 0 Å². The Morgan fingerprint density at radius 1 is 1.24 bits per heavy atom. The largest absolute Gasteiger partial charge is 0.439 e. The van der Waals surface area contributed by atoms with Crippen molar-refractivity contribution in [3.63, 3.8) is 0 Å². The van der Waals surface area contributed by atoms with Gasteiger partial charge in [-0.3, -0.25) is 0 Å². The molecule has 1 aromatic heterocycles. The van der Waals surface area contributed by atoms with Crippen LogP contribution in [0.1, 0.15) is 43.6 Å². The molecule has 1 aliphatic carbocycles. The second-order valence-corrected chi connectivity index (χ2v) is 5.16. The molecule has 2 N–H and O–H groups in total. The maximum atomic E-state index is 6.44. The Hall–Kier alpha value is -1.35. The van der Waals surface area contributed by atoms with Crippen molar-refractivity contribution < 1.29 is 4.42 Å². The third kappa shape index (κ3) is 1.75. The number of benzene rings is 1. The fourth-order valence-corrected chi connectivity index (χ4v) is 2.70. The van der Waals surface area contributed by atoms with Crippen molar-refractivity contribution in [3.8, 4) is 0 Å². The third-order valence-corrected chi connectivity index (χ3v) is 3.79. The van der Waals surface area contributed by atoms with Gasteiger partial charge in [0.15, 0.2) is 5.58 Å². The molecule has 0 bridgehead atoms. The summed E-state index contributed by atoms with van der Waals surface area (Å²) in [7, 11) is 0. The molecule has 3 heteroatoms. The minimum absolute atomic E-state index is 0.344. The van der Waals surface area contributed by atoms with Gasteiger partial charge in [0.25, 0.3) is 0 Å². The highest BCUT2D eigenvalue weighted by Crippen LogP contribution is 2.35. The van der Waals surface area contributed by atoms with E-state index in [1.165, 1.54) is 19.3 Å². The molecule has 1 heterocycles. The lowest BCUT2D eigenvalue weighted by molar-refractivity contribution is 0.248. The molecule has 3 nitrogen and oxygen atoms in total. The van der Waals surface area contributed by atoms with Gasteiger partial charge in [0.1, 0.15) is 5.52 Å². The molecule has 3 rings (SSSR count). The van der Waals surface area contributed by atoms with Crippen molar-refractivity contribution in [1.82, 2.24) is 4.98 Å². The van der Waals surface area contributed by atoms with E-state index in [2.05, 4.69) is 18.0 Å². The summed E-state index contributed by atoms with van der Waals surface area (Å²) in [6.45, 7) is 2.05. The van der Waals surface area contributed by atoms with Gasteiger partial charge in [-0.2, -0.15) is 0 Å². The van der Waals surface area contributed by atoms with Gasteiger partial charge in [-0.1, -0.05) is 31.4 Å². The molecule has 0 aliphatic heterocycles. The fraction of sp³-hybridized carbons (Fsp3) is 0.500. The van der Waals surface area contributed by atoms with Crippen LogP contribution in [0.15, 0.2) is 22.6 Å². The first-order valence-corrected chi connectivity index (χ1v) is 6.35. The molecule has 1 saturated carbocycles. The number of aromatic nitrogens is 1. The molecule has 0 saturated heterocycles. The Kier molecular flexibility index (Phi) is 2.44. The summed E-state index contributed by atoms with van der Waals surface area (Å²) in [6, 6.07) is 6.01. The van der Waals surface area contributed by atoms with E-state index >= 15 is 0 Å². The van der Waals surface area contributed by atoms with Gasteiger partial charge in [-0.15, -0.1) is 0 Å². The maximum Gasteiger partial charge on any atom is 0.215 e. The molecule has 0 spiro atoms. The number of hydrogen-bond acceptors (Lipinski definition) is 3. The van der Waals surface area contributed by atoms with E-state index in [0.29, 0.717) is 0 Å². The molecule has 17 heavy (non-hydrogen) atoms. The Balaban J connectivity index is 2.08. The molecule has 2 aromatic rings. The highest BCUT2D eigenvalue weighted by Gasteiger charge is 2.34. The summed E-state index contributed by atoms with van der Waals surface area (Å²) < 4.78 is 5.86. The van der Waals surface area contributed by atoms with Crippen LogP contribution in [-0.2, 0) is 5.54 Å². The summed E-state index contributed by atoms with van der Waals surface area (Å²) >= 11 is 0. The van der Waals surface area contributed by atoms with Gasteiger partial charge < -0.3 is 10.2 Å². The SMILES string of the molecule is Cc1cccc2oc(C3(N)CCCCC3)nc12. The molecule has 1 aromatic carbocycles. The molecule has 1 fully saturated rings. The van der Waals surface area contributed by atoms with Gasteiger partial charge in [-0.25, -0.2) is 4.98 Å². The number of rotatable bonds is 1. The second-order valence-electron chi connectivity index (χ2n) is 5.16. The van der Waals surface area contributed by atoms with Crippen molar-refractivity contribution in [2.75, 3.05) is 0 Å². The highest BCUT2D eigenvalue weighted by molar-refractivity contribution is 5.76. The van der Waals surface area contributed by atoms with Crippen molar-refractivity contribution in [3.05, 3.63) is 29.7 Å². The lowest BCUT2D eigenvalue weighted by Crippen LogP contribution is -2.38. The normalized spacial score (nSPS) is 19.6. The van der Waals surface area contributed by atoms with Crippen LogP contribution in [0.5, 0.6) is 0 Å². The number of fused-ring (bicyclic) bond motifs is 1. The zero-order chi connectivity index (χ0) is 11.9. The van der Waals surface area contributed by atoms with Crippen molar-refractivity contribution in [2.45, 2.75) is 44.6 Å². The molecule has 1 aliphatic rings. The van der Waals surface area contributed by atoms with Crippen molar-refractivity contribution in [2.24, 2.45) is 5.73 Å². The Labute approximate surface area is 101 Å². The minimum atomic E-state index is -0.344. The lowest BCUT2D eigenvalue weighted by Gasteiger charge is -2.29. The predicted octanol–water partition coefficient (Wildman–Crippen LogP) is 3.25. The van der Waals surface area contributed by atoms with E-state index in [0.717, 1.165) is 35.4 Å². The predicted molar refractivity (Wildman–Crippen MR) is 67.7 cm³/mol. The number of oxazole rings is 1. The van der Waals surface area contributed by atoms with Crippen LogP contribution in [0.4, 0.5) is 0 Å². The van der Waals surface area contributed by atoms with Crippen LogP contribution in [0.2, 0.25) is 0 Å². The number of nitrogens with zero attached hydrogens (tertiary/aromatic N) is 1. The second kappa shape index (κ2) is 3.84. The molecule has 90 valence electrons. The molecular formula is C14H18N2O. The van der Waals surface area contributed by atoms with Crippen molar-refractivity contribution in [1.29, 1.82) is 0 Å². The summed E-state index contributed by atoms with van der Waals surface area (Å²) in [4.78, 5) is 4.62. The van der Waals surface area contributed by atoms with E-state index in [1.807, 2.05) is 12.1 Å². The van der Waals surface area contributed by atoms with Crippen molar-refractivity contribution >= 4 is 11.1 Å². The maximum absolute atomic E-state index is 6.44. The Morgan fingerprint density at radius 2 is 2.00 bits per heavy atom. The standard InChI is InChI=1S/C14H18N2O/c1-10-6-5-7-11-12(10)16-13(17-11)14(15)8-3-2-4-9-14/h5-7H,2-4,8-9,15H2,1H3. The minimum Gasteiger partial charge on any atom is -0.439 e. The zero-order valence-electron chi connectivity index (χ0n) is 10.2. The lowest BCUT2D eigenvalue weighted by atomic mass is 9.82. The molecule has 0 radical (unpaired) electrons. The number of para-hydroxylation sites is 1. The summed E-state index contributed by atoms with van der Waals surface area (Å²) in [6.07, 6.45) is 5.60. The van der Waals surface area contributed by atoms with E-state index in [9.17, 15) is 0 Å². The first-order chi connectivity index (χ1) is 8.19. The van der Waals surface area contributed by atoms with Crippen LogP contribution in [0, 0.1) is 6.92 Å². The average molecular weight is 230 g/mol. The average Bonchev–Trinajstić information content (AvgIpc) is 2.76. The Morgan fingerprint density at radius 3 is 2.71 bits per heavy atom. The third-order valence-electron chi connectivity index (χ3n) is 3.79. The zero-order valence-corrected chi connectivity index (χ0v) is 10.2. The van der Waals surface area contributed by atoms with Crippen LogP contribution in [0.25, 0.3) is 11.1 Å². The quantitative estimate of drug-likeness (QED) is 0.818. The van der Waals surface area contributed by atoms with Crippen LogP contribution in [-0.4, -0.2) is 4.98 Å². The number of hydrogen-bond donors (Lipinski definition) is 1. The van der Waals surface area contributed by atoms with E-state index < -0.39 is 0 Å². The van der Waals surface area contributed by atoms with Crippen LogP contribution < -0.4 is 5.73 Å². The molecular weight excluding hydrogens is 212 g/mol. The van der Waals surface area contributed by atoms with Gasteiger partial charge in [-0.05, 0) is 31.4 Å². The number of aryl methyl sites for hydroxylation is 1. The first-order valence-electron chi connectivity index (χ1n) is 6.35. The molecule has 0 atom stereocenters. The topological polar surface area (TPSA) is 52.0 Å². The van der Waals surface area contributed by atoms with Gasteiger partial charge in [0, 0.05) is 0 Å². The Bertz CT molecular complexity index is 538. The van der Waals surface area contributed by atoms with Gasteiger partial charge in [0.05, 0.1) is 5.54 Å². The fourth-order valence-electron chi connectivity index (χ4n) is 2.70. The molecule has 0 unspecified atom stereocenters. The van der Waals surface area contributed by atoms with E-state index in [4.69, 9.17) is 10.2 Å². The first kappa shape index (κ1) is 10.8. The smallest absolute Gasteiger partial charge is 0.215 e. The van der Waals surface area contributed by atoms with Gasteiger partial charge in [0.2, 0.25) is 5.89 Å². The summed E-state index contributed by atoms with van der Waals surface area (Å²) in [5.41, 5.74) is 9.06. The van der Waals surface area contributed by atoms with E-state index in [1.54, 1.807) is 0 Å². The summed E-state index contributed by atoms with van der Waals surface area (Å²) in [5, 5.41) is 0.